The number of amides is 1. The molecule has 0 aliphatic heterocycles. The van der Waals surface area contributed by atoms with Crippen molar-refractivity contribution in [3.05, 3.63) is 24.0 Å². The summed E-state index contributed by atoms with van der Waals surface area (Å²) >= 11 is 0. The smallest absolute Gasteiger partial charge is 0.240 e. The Morgan fingerprint density at radius 2 is 1.95 bits per heavy atom. The maximum atomic E-state index is 13.2. The van der Waals surface area contributed by atoms with Crippen molar-refractivity contribution in [2.45, 2.75) is 31.6 Å². The Bertz CT molecular complexity index is 568. The van der Waals surface area contributed by atoms with E-state index in [2.05, 4.69) is 5.32 Å². The minimum atomic E-state index is -4.02. The third kappa shape index (κ3) is 4.00. The molecule has 0 spiro atoms. The van der Waals surface area contributed by atoms with E-state index in [0.717, 1.165) is 18.2 Å². The first-order valence-corrected chi connectivity index (χ1v) is 7.47. The number of nitrogens with two attached hydrogens (primary N) is 1. The minimum Gasteiger partial charge on any atom is -0.325 e. The lowest BCUT2D eigenvalue weighted by molar-refractivity contribution is -0.120. The Labute approximate surface area is 112 Å². The number of hydrogen-bond acceptors (Lipinski definition) is 3. The third-order valence-corrected chi connectivity index (χ3v) is 3.83. The predicted octanol–water partition coefficient (Wildman–Crippen LogP) is 1.85. The van der Waals surface area contributed by atoms with Crippen molar-refractivity contribution in [1.29, 1.82) is 0 Å². The summed E-state index contributed by atoms with van der Waals surface area (Å²) in [6, 6.07) is 2.96. The molecular formula is C12H17FN2O3S. The quantitative estimate of drug-likeness (QED) is 0.866. The van der Waals surface area contributed by atoms with Gasteiger partial charge in [0, 0.05) is 5.92 Å². The van der Waals surface area contributed by atoms with Crippen LogP contribution in [0.3, 0.4) is 0 Å². The monoisotopic (exact) mass is 288 g/mol. The standard InChI is InChI=1S/C12H17FN2O3S/c1-3-8(4-2)12(16)15-10-7-9(13)5-6-11(10)19(14,17)18/h5-8H,3-4H2,1-2H3,(H,15,16)(H2,14,17,18). The Hall–Kier alpha value is -1.47. The van der Waals surface area contributed by atoms with Crippen LogP contribution in [0.15, 0.2) is 23.1 Å². The molecule has 0 aromatic heterocycles. The number of nitrogens with one attached hydrogen (secondary N) is 1. The second kappa shape index (κ2) is 6.12. The lowest BCUT2D eigenvalue weighted by Gasteiger charge is -2.14. The molecule has 7 heteroatoms. The second-order valence-electron chi connectivity index (χ2n) is 4.19. The molecule has 0 saturated carbocycles. The van der Waals surface area contributed by atoms with E-state index in [1.165, 1.54) is 0 Å². The van der Waals surface area contributed by atoms with Gasteiger partial charge in [0.1, 0.15) is 10.7 Å². The van der Waals surface area contributed by atoms with Crippen LogP contribution >= 0.6 is 0 Å². The average Bonchev–Trinajstić information content (AvgIpc) is 2.28. The molecule has 0 bridgehead atoms. The molecule has 0 unspecified atom stereocenters. The zero-order valence-electron chi connectivity index (χ0n) is 10.8. The summed E-state index contributed by atoms with van der Waals surface area (Å²) in [7, 11) is -4.02. The molecule has 106 valence electrons. The summed E-state index contributed by atoms with van der Waals surface area (Å²) in [4.78, 5) is 11.6. The van der Waals surface area contributed by atoms with E-state index in [-0.39, 0.29) is 22.4 Å². The summed E-state index contributed by atoms with van der Waals surface area (Å²) in [6.45, 7) is 3.69. The SMILES string of the molecule is CCC(CC)C(=O)Nc1cc(F)ccc1S(N)(=O)=O. The number of sulfonamides is 1. The highest BCUT2D eigenvalue weighted by Gasteiger charge is 2.20. The van der Waals surface area contributed by atoms with E-state index in [4.69, 9.17) is 5.14 Å². The Morgan fingerprint density at radius 3 is 2.42 bits per heavy atom. The van der Waals surface area contributed by atoms with Crippen molar-refractivity contribution in [1.82, 2.24) is 0 Å². The largest absolute Gasteiger partial charge is 0.325 e. The van der Waals surface area contributed by atoms with Crippen molar-refractivity contribution < 1.29 is 17.6 Å². The fraction of sp³-hybridized carbons (Fsp3) is 0.417. The first-order valence-electron chi connectivity index (χ1n) is 5.92. The summed E-state index contributed by atoms with van der Waals surface area (Å²) in [6.07, 6.45) is 1.23. The van der Waals surface area contributed by atoms with E-state index in [1.807, 2.05) is 13.8 Å². The molecule has 0 fully saturated rings. The molecular weight excluding hydrogens is 271 g/mol. The summed E-state index contributed by atoms with van der Waals surface area (Å²) < 4.78 is 35.9. The minimum absolute atomic E-state index is 0.126. The molecule has 0 aliphatic rings. The van der Waals surface area contributed by atoms with Crippen LogP contribution in [0.25, 0.3) is 0 Å². The molecule has 1 rings (SSSR count). The molecule has 1 amide bonds. The van der Waals surface area contributed by atoms with Gasteiger partial charge in [-0.2, -0.15) is 0 Å². The van der Waals surface area contributed by atoms with Crippen molar-refractivity contribution in [2.75, 3.05) is 5.32 Å². The fourth-order valence-corrected chi connectivity index (χ4v) is 2.42. The molecule has 1 aromatic carbocycles. The number of halogens is 1. The molecule has 0 aliphatic carbocycles. The number of benzene rings is 1. The lowest BCUT2D eigenvalue weighted by atomic mass is 10.0. The predicted molar refractivity (Wildman–Crippen MR) is 70.5 cm³/mol. The highest BCUT2D eigenvalue weighted by molar-refractivity contribution is 7.89. The maximum Gasteiger partial charge on any atom is 0.240 e. The number of rotatable bonds is 5. The van der Waals surface area contributed by atoms with Gasteiger partial charge in [0.25, 0.3) is 0 Å². The van der Waals surface area contributed by atoms with Crippen LogP contribution < -0.4 is 10.5 Å². The molecule has 1 aromatic rings. The second-order valence-corrected chi connectivity index (χ2v) is 5.72. The molecule has 3 N–H and O–H groups in total. The fourth-order valence-electron chi connectivity index (χ4n) is 1.74. The average molecular weight is 288 g/mol. The van der Waals surface area contributed by atoms with Crippen LogP contribution in [0, 0.1) is 11.7 Å². The van der Waals surface area contributed by atoms with Crippen LogP contribution in [0.5, 0.6) is 0 Å². The van der Waals surface area contributed by atoms with Gasteiger partial charge >= 0.3 is 0 Å². The van der Waals surface area contributed by atoms with Gasteiger partial charge in [-0.05, 0) is 31.0 Å². The van der Waals surface area contributed by atoms with Gasteiger partial charge in [0.15, 0.2) is 0 Å². The summed E-state index contributed by atoms with van der Waals surface area (Å²) in [5.41, 5.74) is -0.126. The van der Waals surface area contributed by atoms with Gasteiger partial charge in [-0.15, -0.1) is 0 Å². The van der Waals surface area contributed by atoms with Crippen molar-refractivity contribution in [3.8, 4) is 0 Å². The van der Waals surface area contributed by atoms with E-state index in [1.54, 1.807) is 0 Å². The molecule has 0 atom stereocenters. The number of primary sulfonamides is 1. The van der Waals surface area contributed by atoms with E-state index < -0.39 is 15.8 Å². The van der Waals surface area contributed by atoms with Crippen molar-refractivity contribution in [3.63, 3.8) is 0 Å². The van der Waals surface area contributed by atoms with Gasteiger partial charge in [-0.3, -0.25) is 4.79 Å². The summed E-state index contributed by atoms with van der Waals surface area (Å²) in [5, 5.41) is 7.44. The number of anilines is 1. The number of hydrogen-bond donors (Lipinski definition) is 2. The third-order valence-electron chi connectivity index (χ3n) is 2.86. The molecule has 5 nitrogen and oxygen atoms in total. The van der Waals surface area contributed by atoms with Gasteiger partial charge < -0.3 is 5.32 Å². The number of carbonyl (C=O) groups excluding carboxylic acids is 1. The first-order chi connectivity index (χ1) is 8.79. The van der Waals surface area contributed by atoms with Crippen LogP contribution in [0.1, 0.15) is 26.7 Å². The molecule has 0 heterocycles. The van der Waals surface area contributed by atoms with E-state index in [0.29, 0.717) is 12.8 Å². The first kappa shape index (κ1) is 15.6. The highest BCUT2D eigenvalue weighted by atomic mass is 32.2. The molecule has 0 saturated heterocycles. The lowest BCUT2D eigenvalue weighted by Crippen LogP contribution is -2.24. The van der Waals surface area contributed by atoms with E-state index in [9.17, 15) is 17.6 Å². The van der Waals surface area contributed by atoms with Crippen LogP contribution in [-0.4, -0.2) is 14.3 Å². The van der Waals surface area contributed by atoms with Crippen molar-refractivity contribution >= 4 is 21.6 Å². The number of carbonyl (C=O) groups is 1. The Morgan fingerprint density at radius 1 is 1.37 bits per heavy atom. The van der Waals surface area contributed by atoms with Crippen LogP contribution in [0.2, 0.25) is 0 Å². The van der Waals surface area contributed by atoms with E-state index >= 15 is 0 Å². The van der Waals surface area contributed by atoms with Crippen LogP contribution in [0.4, 0.5) is 10.1 Å². The van der Waals surface area contributed by atoms with Gasteiger partial charge in [0.05, 0.1) is 5.69 Å². The van der Waals surface area contributed by atoms with Crippen LogP contribution in [-0.2, 0) is 14.8 Å². The summed E-state index contributed by atoms with van der Waals surface area (Å²) in [5.74, 6) is -1.25. The van der Waals surface area contributed by atoms with Gasteiger partial charge in [-0.25, -0.2) is 17.9 Å². The Balaban J connectivity index is 3.13. The topological polar surface area (TPSA) is 89.3 Å². The Kier molecular flexibility index (Phi) is 5.02. The van der Waals surface area contributed by atoms with Gasteiger partial charge in [0.2, 0.25) is 15.9 Å². The van der Waals surface area contributed by atoms with Gasteiger partial charge in [-0.1, -0.05) is 13.8 Å². The maximum absolute atomic E-state index is 13.2. The molecule has 0 radical (unpaired) electrons. The van der Waals surface area contributed by atoms with Crippen molar-refractivity contribution in [2.24, 2.45) is 11.1 Å². The zero-order chi connectivity index (χ0) is 14.6. The highest BCUT2D eigenvalue weighted by Crippen LogP contribution is 2.22. The normalized spacial score (nSPS) is 11.6. The molecule has 19 heavy (non-hydrogen) atoms. The zero-order valence-corrected chi connectivity index (χ0v) is 11.6.